The van der Waals surface area contributed by atoms with Crippen LogP contribution in [0.25, 0.3) is 11.0 Å². The SMILES string of the molecule is Cn1ncnc1NC(=O)c1ccc2nc[nH]c2c1. The van der Waals surface area contributed by atoms with E-state index in [1.165, 1.54) is 11.0 Å². The largest absolute Gasteiger partial charge is 0.345 e. The van der Waals surface area contributed by atoms with Gasteiger partial charge in [0.1, 0.15) is 6.33 Å². The molecule has 0 saturated carbocycles. The molecule has 0 aliphatic rings. The number of hydrogen-bond donors (Lipinski definition) is 2. The number of aryl methyl sites for hydroxylation is 1. The average Bonchev–Trinajstić information content (AvgIpc) is 2.98. The molecule has 0 bridgehead atoms. The molecule has 3 aromatic rings. The number of aromatic amines is 1. The Bertz CT molecular complexity index is 713. The second-order valence-electron chi connectivity index (χ2n) is 3.80. The molecule has 2 heterocycles. The number of nitrogens with one attached hydrogen (secondary N) is 2. The van der Waals surface area contributed by atoms with Gasteiger partial charge in [-0.05, 0) is 18.2 Å². The zero-order valence-electron chi connectivity index (χ0n) is 9.58. The summed E-state index contributed by atoms with van der Waals surface area (Å²) in [6.07, 6.45) is 2.97. The van der Waals surface area contributed by atoms with E-state index in [1.54, 1.807) is 31.6 Å². The number of carbonyl (C=O) groups excluding carboxylic acids is 1. The van der Waals surface area contributed by atoms with E-state index in [4.69, 9.17) is 0 Å². The molecule has 0 spiro atoms. The zero-order valence-corrected chi connectivity index (χ0v) is 9.58. The first-order valence-corrected chi connectivity index (χ1v) is 5.32. The average molecular weight is 242 g/mol. The molecule has 0 unspecified atom stereocenters. The molecular weight excluding hydrogens is 232 g/mol. The first kappa shape index (κ1) is 10.5. The molecule has 0 radical (unpaired) electrons. The van der Waals surface area contributed by atoms with Crippen LogP contribution in [0.2, 0.25) is 0 Å². The summed E-state index contributed by atoms with van der Waals surface area (Å²) in [4.78, 5) is 23.0. The summed E-state index contributed by atoms with van der Waals surface area (Å²) in [7, 11) is 1.71. The normalized spacial score (nSPS) is 10.7. The molecule has 7 heteroatoms. The molecule has 18 heavy (non-hydrogen) atoms. The van der Waals surface area contributed by atoms with Gasteiger partial charge in [-0.3, -0.25) is 10.1 Å². The topological polar surface area (TPSA) is 88.5 Å². The number of nitrogens with zero attached hydrogens (tertiary/aromatic N) is 4. The maximum Gasteiger partial charge on any atom is 0.258 e. The number of H-pyrrole nitrogens is 1. The van der Waals surface area contributed by atoms with Gasteiger partial charge in [-0.25, -0.2) is 9.67 Å². The predicted octanol–water partition coefficient (Wildman–Crippen LogP) is 0.944. The van der Waals surface area contributed by atoms with E-state index in [1.807, 2.05) is 0 Å². The summed E-state index contributed by atoms with van der Waals surface area (Å²) >= 11 is 0. The highest BCUT2D eigenvalue weighted by atomic mass is 16.1. The number of rotatable bonds is 2. The van der Waals surface area contributed by atoms with E-state index in [0.29, 0.717) is 11.5 Å². The minimum Gasteiger partial charge on any atom is -0.345 e. The summed E-state index contributed by atoms with van der Waals surface area (Å²) in [6.45, 7) is 0. The van der Waals surface area contributed by atoms with Crippen molar-refractivity contribution in [2.24, 2.45) is 7.05 Å². The first-order valence-electron chi connectivity index (χ1n) is 5.32. The van der Waals surface area contributed by atoms with Crippen LogP contribution in [-0.2, 0) is 7.05 Å². The Hall–Kier alpha value is -2.70. The summed E-state index contributed by atoms with van der Waals surface area (Å²) in [5, 5.41) is 6.56. The standard InChI is InChI=1S/C11H10N6O/c1-17-11(14-6-15-17)16-10(18)7-2-3-8-9(4-7)13-5-12-8/h2-6H,1H3,(H,12,13)(H,14,15,16,18). The molecule has 0 aliphatic heterocycles. The molecule has 2 N–H and O–H groups in total. The van der Waals surface area contributed by atoms with Crippen LogP contribution in [0.4, 0.5) is 5.95 Å². The van der Waals surface area contributed by atoms with Crippen molar-refractivity contribution in [2.45, 2.75) is 0 Å². The number of benzene rings is 1. The van der Waals surface area contributed by atoms with Gasteiger partial charge in [-0.1, -0.05) is 0 Å². The lowest BCUT2D eigenvalue weighted by molar-refractivity contribution is 0.102. The summed E-state index contributed by atoms with van der Waals surface area (Å²) < 4.78 is 1.49. The van der Waals surface area contributed by atoms with Gasteiger partial charge < -0.3 is 4.98 Å². The van der Waals surface area contributed by atoms with E-state index in [-0.39, 0.29) is 5.91 Å². The van der Waals surface area contributed by atoms with Gasteiger partial charge in [-0.2, -0.15) is 10.1 Å². The van der Waals surface area contributed by atoms with Gasteiger partial charge in [0.15, 0.2) is 0 Å². The third-order valence-electron chi connectivity index (χ3n) is 2.62. The number of aromatic nitrogens is 5. The quantitative estimate of drug-likeness (QED) is 0.700. The molecule has 2 aromatic heterocycles. The Morgan fingerprint density at radius 1 is 1.39 bits per heavy atom. The van der Waals surface area contributed by atoms with Crippen molar-refractivity contribution in [1.29, 1.82) is 0 Å². The van der Waals surface area contributed by atoms with Gasteiger partial charge in [0.25, 0.3) is 5.91 Å². The summed E-state index contributed by atoms with van der Waals surface area (Å²) in [5.74, 6) is 0.173. The molecule has 1 aromatic carbocycles. The number of anilines is 1. The second kappa shape index (κ2) is 3.95. The molecule has 0 saturated heterocycles. The summed E-state index contributed by atoms with van der Waals surface area (Å²) in [5.41, 5.74) is 2.18. The van der Waals surface area contributed by atoms with Gasteiger partial charge in [0, 0.05) is 12.6 Å². The van der Waals surface area contributed by atoms with Crippen molar-refractivity contribution >= 4 is 22.9 Å². The number of fused-ring (bicyclic) bond motifs is 1. The van der Waals surface area contributed by atoms with Crippen molar-refractivity contribution < 1.29 is 4.79 Å². The van der Waals surface area contributed by atoms with Crippen LogP contribution in [-0.4, -0.2) is 30.6 Å². The lowest BCUT2D eigenvalue weighted by atomic mass is 10.2. The molecule has 90 valence electrons. The Labute approximate surface area is 102 Å². The van der Waals surface area contributed by atoms with Crippen molar-refractivity contribution in [3.8, 4) is 0 Å². The van der Waals surface area contributed by atoms with Crippen LogP contribution in [0.1, 0.15) is 10.4 Å². The first-order chi connectivity index (χ1) is 8.74. The Kier molecular flexibility index (Phi) is 2.30. The fourth-order valence-corrected chi connectivity index (χ4v) is 1.66. The van der Waals surface area contributed by atoms with E-state index in [2.05, 4.69) is 25.4 Å². The molecule has 0 atom stereocenters. The molecular formula is C11H10N6O. The van der Waals surface area contributed by atoms with Gasteiger partial charge >= 0.3 is 0 Å². The number of amides is 1. The maximum atomic E-state index is 12.0. The third kappa shape index (κ3) is 1.71. The highest BCUT2D eigenvalue weighted by Gasteiger charge is 2.10. The predicted molar refractivity (Wildman–Crippen MR) is 65.0 cm³/mol. The number of imidazole rings is 1. The van der Waals surface area contributed by atoms with Crippen LogP contribution >= 0.6 is 0 Å². The Morgan fingerprint density at radius 2 is 2.28 bits per heavy atom. The molecule has 1 amide bonds. The maximum absolute atomic E-state index is 12.0. The van der Waals surface area contributed by atoms with Crippen molar-refractivity contribution in [3.63, 3.8) is 0 Å². The molecule has 7 nitrogen and oxygen atoms in total. The molecule has 0 aliphatic carbocycles. The molecule has 3 rings (SSSR count). The zero-order chi connectivity index (χ0) is 12.5. The van der Waals surface area contributed by atoms with Crippen LogP contribution < -0.4 is 5.32 Å². The van der Waals surface area contributed by atoms with E-state index >= 15 is 0 Å². The van der Waals surface area contributed by atoms with Crippen molar-refractivity contribution in [1.82, 2.24) is 24.7 Å². The monoisotopic (exact) mass is 242 g/mol. The smallest absolute Gasteiger partial charge is 0.258 e. The van der Waals surface area contributed by atoms with Crippen LogP contribution in [0, 0.1) is 0 Å². The lowest BCUT2D eigenvalue weighted by Gasteiger charge is -2.03. The van der Waals surface area contributed by atoms with Crippen LogP contribution in [0.5, 0.6) is 0 Å². The highest BCUT2D eigenvalue weighted by molar-refractivity contribution is 6.05. The van der Waals surface area contributed by atoms with Gasteiger partial charge in [0.2, 0.25) is 5.95 Å². The van der Waals surface area contributed by atoms with E-state index < -0.39 is 0 Å². The van der Waals surface area contributed by atoms with Crippen LogP contribution in [0.15, 0.2) is 30.9 Å². The number of hydrogen-bond acceptors (Lipinski definition) is 4. The third-order valence-corrected chi connectivity index (χ3v) is 2.62. The fraction of sp³-hybridized carbons (Fsp3) is 0.0909. The minimum absolute atomic E-state index is 0.234. The Balaban J connectivity index is 1.89. The van der Waals surface area contributed by atoms with E-state index in [0.717, 1.165) is 11.0 Å². The van der Waals surface area contributed by atoms with Crippen molar-refractivity contribution in [2.75, 3.05) is 5.32 Å². The van der Waals surface area contributed by atoms with Gasteiger partial charge in [0.05, 0.1) is 17.4 Å². The molecule has 0 fully saturated rings. The Morgan fingerprint density at radius 3 is 3.06 bits per heavy atom. The lowest BCUT2D eigenvalue weighted by Crippen LogP contribution is -2.15. The van der Waals surface area contributed by atoms with E-state index in [9.17, 15) is 4.79 Å². The minimum atomic E-state index is -0.234. The second-order valence-corrected chi connectivity index (χ2v) is 3.80. The van der Waals surface area contributed by atoms with Crippen molar-refractivity contribution in [3.05, 3.63) is 36.4 Å². The fourth-order valence-electron chi connectivity index (χ4n) is 1.66. The van der Waals surface area contributed by atoms with Crippen LogP contribution in [0.3, 0.4) is 0 Å². The van der Waals surface area contributed by atoms with Gasteiger partial charge in [-0.15, -0.1) is 0 Å². The number of carbonyl (C=O) groups is 1. The highest BCUT2D eigenvalue weighted by Crippen LogP contribution is 2.12. The summed E-state index contributed by atoms with van der Waals surface area (Å²) in [6, 6.07) is 5.25.